The van der Waals surface area contributed by atoms with Crippen LogP contribution in [0.1, 0.15) is 36.9 Å². The molecule has 0 bridgehead atoms. The smallest absolute Gasteiger partial charge is 0.246 e. The van der Waals surface area contributed by atoms with Crippen molar-refractivity contribution in [3.8, 4) is 0 Å². The third-order valence-corrected chi connectivity index (χ3v) is 5.25. The molecule has 0 aliphatic carbocycles. The van der Waals surface area contributed by atoms with Crippen LogP contribution in [0.3, 0.4) is 0 Å². The fraction of sp³-hybridized carbons (Fsp3) is 0.400. The van der Waals surface area contributed by atoms with Gasteiger partial charge in [0.05, 0.1) is 13.2 Å². The van der Waals surface area contributed by atoms with Gasteiger partial charge in [-0.25, -0.2) is 0 Å². The van der Waals surface area contributed by atoms with Gasteiger partial charge in [-0.3, -0.25) is 9.48 Å². The van der Waals surface area contributed by atoms with E-state index in [9.17, 15) is 4.79 Å². The number of benzene rings is 1. The molecule has 1 aromatic heterocycles. The van der Waals surface area contributed by atoms with Crippen molar-refractivity contribution in [1.29, 1.82) is 0 Å². The average Bonchev–Trinajstić information content (AvgIpc) is 3.10. The van der Waals surface area contributed by atoms with Crippen LogP contribution in [-0.2, 0) is 11.3 Å². The van der Waals surface area contributed by atoms with Crippen LogP contribution in [-0.4, -0.2) is 45.4 Å². The number of nitrogens with zero attached hydrogens (tertiary/aromatic N) is 3. The monoisotopic (exact) mass is 373 g/mol. The summed E-state index contributed by atoms with van der Waals surface area (Å²) in [4.78, 5) is 14.5. The van der Waals surface area contributed by atoms with E-state index in [1.807, 2.05) is 46.8 Å². The minimum Gasteiger partial charge on any atom is -0.394 e. The summed E-state index contributed by atoms with van der Waals surface area (Å²) in [6.45, 7) is 3.96. The van der Waals surface area contributed by atoms with Crippen LogP contribution in [0.2, 0.25) is 5.02 Å². The second-order valence-corrected chi connectivity index (χ2v) is 7.02. The van der Waals surface area contributed by atoms with Gasteiger partial charge in [0.15, 0.2) is 0 Å². The van der Waals surface area contributed by atoms with Crippen molar-refractivity contribution in [2.75, 3.05) is 19.7 Å². The average molecular weight is 374 g/mol. The van der Waals surface area contributed by atoms with E-state index < -0.39 is 0 Å². The number of likely N-dealkylation sites (tertiary alicyclic amines) is 1. The zero-order valence-electron chi connectivity index (χ0n) is 14.9. The first-order valence-electron chi connectivity index (χ1n) is 8.95. The van der Waals surface area contributed by atoms with E-state index in [-0.39, 0.29) is 12.5 Å². The van der Waals surface area contributed by atoms with E-state index in [0.717, 1.165) is 42.8 Å². The van der Waals surface area contributed by atoms with Crippen molar-refractivity contribution >= 4 is 23.1 Å². The van der Waals surface area contributed by atoms with E-state index in [2.05, 4.69) is 5.10 Å². The lowest BCUT2D eigenvalue weighted by Crippen LogP contribution is -2.37. The number of aliphatic hydroxyl groups is 1. The maximum absolute atomic E-state index is 12.6. The Bertz CT molecular complexity index is 792. The Hall–Kier alpha value is -2.11. The third kappa shape index (κ3) is 4.17. The molecule has 0 unspecified atom stereocenters. The van der Waals surface area contributed by atoms with Gasteiger partial charge in [0.1, 0.15) is 0 Å². The summed E-state index contributed by atoms with van der Waals surface area (Å²) in [6.07, 6.45) is 5.26. The number of amides is 1. The van der Waals surface area contributed by atoms with Crippen LogP contribution >= 0.6 is 11.6 Å². The van der Waals surface area contributed by atoms with Crippen molar-refractivity contribution in [2.45, 2.75) is 32.2 Å². The van der Waals surface area contributed by atoms with Crippen LogP contribution < -0.4 is 0 Å². The first-order chi connectivity index (χ1) is 12.6. The highest BCUT2D eigenvalue weighted by Gasteiger charge is 2.25. The lowest BCUT2D eigenvalue weighted by atomic mass is 9.93. The summed E-state index contributed by atoms with van der Waals surface area (Å²) < 4.78 is 1.86. The van der Waals surface area contributed by atoms with E-state index in [1.54, 1.807) is 12.3 Å². The highest BCUT2D eigenvalue weighted by Crippen LogP contribution is 2.29. The number of aliphatic hydroxyl groups excluding tert-OH is 1. The number of allylic oxidation sites excluding steroid dienone is 1. The zero-order chi connectivity index (χ0) is 18.5. The summed E-state index contributed by atoms with van der Waals surface area (Å²) in [5.41, 5.74) is 2.92. The zero-order valence-corrected chi connectivity index (χ0v) is 15.7. The molecule has 0 atom stereocenters. The lowest BCUT2D eigenvalue weighted by Gasteiger charge is -2.31. The molecule has 1 amide bonds. The molecule has 0 saturated carbocycles. The van der Waals surface area contributed by atoms with Crippen molar-refractivity contribution in [3.05, 3.63) is 58.9 Å². The Kier molecular flexibility index (Phi) is 6.12. The summed E-state index contributed by atoms with van der Waals surface area (Å²) in [7, 11) is 0. The molecule has 5 nitrogen and oxygen atoms in total. The predicted molar refractivity (Wildman–Crippen MR) is 103 cm³/mol. The molecule has 138 valence electrons. The van der Waals surface area contributed by atoms with Crippen molar-refractivity contribution in [1.82, 2.24) is 14.7 Å². The lowest BCUT2D eigenvalue weighted by molar-refractivity contribution is -0.127. The third-order valence-electron chi connectivity index (χ3n) is 4.92. The van der Waals surface area contributed by atoms with Gasteiger partial charge in [0.25, 0.3) is 0 Å². The highest BCUT2D eigenvalue weighted by molar-refractivity contribution is 6.32. The van der Waals surface area contributed by atoms with E-state index in [4.69, 9.17) is 16.7 Å². The summed E-state index contributed by atoms with van der Waals surface area (Å²) in [5.74, 6) is 0.409. The Morgan fingerprint density at radius 1 is 1.31 bits per heavy atom. The number of hydrogen-bond donors (Lipinski definition) is 1. The molecule has 1 aliphatic heterocycles. The summed E-state index contributed by atoms with van der Waals surface area (Å²) >= 11 is 6.21. The second-order valence-electron chi connectivity index (χ2n) is 6.61. The first-order valence-corrected chi connectivity index (χ1v) is 9.32. The van der Waals surface area contributed by atoms with Crippen LogP contribution in [0.25, 0.3) is 5.57 Å². The number of rotatable bonds is 5. The minimum absolute atomic E-state index is 0.0322. The molecule has 6 heteroatoms. The quantitative estimate of drug-likeness (QED) is 0.818. The van der Waals surface area contributed by atoms with Gasteiger partial charge in [0.2, 0.25) is 5.91 Å². The van der Waals surface area contributed by atoms with E-state index in [0.29, 0.717) is 17.5 Å². The highest BCUT2D eigenvalue weighted by atomic mass is 35.5. The molecule has 0 spiro atoms. The number of piperidine rings is 1. The molecule has 2 aromatic rings. The normalized spacial score (nSPS) is 16.1. The number of halogens is 1. The van der Waals surface area contributed by atoms with Crippen LogP contribution in [0.5, 0.6) is 0 Å². The van der Waals surface area contributed by atoms with Gasteiger partial charge in [-0.2, -0.15) is 5.10 Å². The molecule has 1 saturated heterocycles. The van der Waals surface area contributed by atoms with E-state index in [1.165, 1.54) is 0 Å². The van der Waals surface area contributed by atoms with Crippen LogP contribution in [0.4, 0.5) is 0 Å². The molecule has 1 aliphatic rings. The molecular weight excluding hydrogens is 350 g/mol. The maximum atomic E-state index is 12.6. The molecule has 1 fully saturated rings. The topological polar surface area (TPSA) is 58.4 Å². The molecule has 0 radical (unpaired) electrons. The molecule has 1 N–H and O–H groups in total. The maximum Gasteiger partial charge on any atom is 0.246 e. The van der Waals surface area contributed by atoms with Crippen molar-refractivity contribution in [3.63, 3.8) is 0 Å². The van der Waals surface area contributed by atoms with Gasteiger partial charge in [-0.05, 0) is 43.0 Å². The van der Waals surface area contributed by atoms with Crippen molar-refractivity contribution < 1.29 is 9.90 Å². The van der Waals surface area contributed by atoms with Gasteiger partial charge in [0, 0.05) is 42.0 Å². The largest absolute Gasteiger partial charge is 0.394 e. The first kappa shape index (κ1) is 18.7. The van der Waals surface area contributed by atoms with Gasteiger partial charge >= 0.3 is 0 Å². The Morgan fingerprint density at radius 2 is 2.04 bits per heavy atom. The molecule has 1 aromatic carbocycles. The fourth-order valence-electron chi connectivity index (χ4n) is 3.50. The number of carbonyl (C=O) groups is 1. The molecule has 26 heavy (non-hydrogen) atoms. The van der Waals surface area contributed by atoms with E-state index >= 15 is 0 Å². The Balaban J connectivity index is 1.62. The SMILES string of the molecule is CC(=CC(=O)N1CCC(c2ccnn2CCO)CC1)c1ccccc1Cl. The number of aromatic nitrogens is 2. The van der Waals surface area contributed by atoms with Gasteiger partial charge in [-0.1, -0.05) is 29.8 Å². The van der Waals surface area contributed by atoms with Crippen molar-refractivity contribution in [2.24, 2.45) is 0 Å². The Labute approximate surface area is 158 Å². The van der Waals surface area contributed by atoms with Gasteiger partial charge in [-0.15, -0.1) is 0 Å². The molecule has 2 heterocycles. The number of hydrogen-bond acceptors (Lipinski definition) is 3. The van der Waals surface area contributed by atoms with Gasteiger partial charge < -0.3 is 10.0 Å². The van der Waals surface area contributed by atoms with Crippen LogP contribution in [0.15, 0.2) is 42.6 Å². The Morgan fingerprint density at radius 3 is 2.73 bits per heavy atom. The summed E-state index contributed by atoms with van der Waals surface area (Å²) in [6, 6.07) is 9.58. The minimum atomic E-state index is 0.0322. The fourth-order valence-corrected chi connectivity index (χ4v) is 3.79. The molecule has 3 rings (SSSR count). The predicted octanol–water partition coefficient (Wildman–Crippen LogP) is 3.34. The standard InChI is InChI=1S/C20H24ClN3O2/c1-15(17-4-2-3-5-18(17)21)14-20(26)23-10-7-16(8-11-23)19-6-9-22-24(19)12-13-25/h2-6,9,14,16,25H,7-8,10-13H2,1H3. The second kappa shape index (κ2) is 8.52. The summed E-state index contributed by atoms with van der Waals surface area (Å²) in [5, 5.41) is 14.1. The van der Waals surface area contributed by atoms with Crippen LogP contribution in [0, 0.1) is 0 Å². The number of carbonyl (C=O) groups excluding carboxylic acids is 1. The molecular formula is C20H24ClN3O2.